The Hall–Kier alpha value is -1.46. The number of carbonyl (C=O) groups is 1. The van der Waals surface area contributed by atoms with Gasteiger partial charge in [0, 0.05) is 26.2 Å². The molecule has 5 heteroatoms. The molecule has 128 valence electrons. The minimum absolute atomic E-state index is 0.0398. The van der Waals surface area contributed by atoms with Crippen LogP contribution < -0.4 is 5.32 Å². The molecule has 23 heavy (non-hydrogen) atoms. The predicted octanol–water partition coefficient (Wildman–Crippen LogP) is 2.28. The van der Waals surface area contributed by atoms with Crippen molar-refractivity contribution in [2.75, 3.05) is 39.3 Å². The van der Waals surface area contributed by atoms with E-state index in [4.69, 9.17) is 0 Å². The fourth-order valence-electron chi connectivity index (χ4n) is 2.99. The largest absolute Gasteiger partial charge is 0.348 e. The van der Waals surface area contributed by atoms with Gasteiger partial charge in [0.2, 0.25) is 5.91 Å². The topological polar surface area (TPSA) is 35.6 Å². The number of amides is 1. The van der Waals surface area contributed by atoms with E-state index in [1.165, 1.54) is 12.1 Å². The highest BCUT2D eigenvalue weighted by Gasteiger charge is 2.22. The van der Waals surface area contributed by atoms with Crippen LogP contribution in [0.4, 0.5) is 4.39 Å². The van der Waals surface area contributed by atoms with Gasteiger partial charge in [-0.1, -0.05) is 32.9 Å². The molecule has 0 spiro atoms. The molecule has 1 aromatic carbocycles. The Kier molecular flexibility index (Phi) is 6.54. The van der Waals surface area contributed by atoms with E-state index in [2.05, 4.69) is 35.9 Å². The molecule has 2 rings (SSSR count). The standard InChI is InChI=1S/C18H28FN3O/c1-4-21-9-11-22(12-10-21)13-17(23)20-18(14(2)3)15-5-7-16(19)8-6-15/h5-8,14,18H,4,9-13H2,1-3H3,(H,20,23). The Morgan fingerprint density at radius 3 is 2.22 bits per heavy atom. The van der Waals surface area contributed by atoms with Crippen LogP contribution in [0.1, 0.15) is 32.4 Å². The molecule has 0 aliphatic carbocycles. The van der Waals surface area contributed by atoms with E-state index in [1.807, 2.05) is 0 Å². The van der Waals surface area contributed by atoms with Crippen molar-refractivity contribution in [3.05, 3.63) is 35.6 Å². The van der Waals surface area contributed by atoms with E-state index >= 15 is 0 Å². The summed E-state index contributed by atoms with van der Waals surface area (Å²) < 4.78 is 13.1. The molecule has 1 amide bonds. The molecule has 1 unspecified atom stereocenters. The van der Waals surface area contributed by atoms with Crippen molar-refractivity contribution in [3.63, 3.8) is 0 Å². The number of halogens is 1. The molecule has 1 aromatic rings. The van der Waals surface area contributed by atoms with Gasteiger partial charge in [0.25, 0.3) is 0 Å². The third-order valence-electron chi connectivity index (χ3n) is 4.49. The number of nitrogens with zero attached hydrogens (tertiary/aromatic N) is 2. The second-order valence-corrected chi connectivity index (χ2v) is 6.55. The summed E-state index contributed by atoms with van der Waals surface area (Å²) in [6.07, 6.45) is 0. The first-order valence-corrected chi connectivity index (χ1v) is 8.49. The maximum Gasteiger partial charge on any atom is 0.234 e. The van der Waals surface area contributed by atoms with Gasteiger partial charge in [-0.3, -0.25) is 9.69 Å². The average molecular weight is 321 g/mol. The third-order valence-corrected chi connectivity index (χ3v) is 4.49. The van der Waals surface area contributed by atoms with Crippen molar-refractivity contribution < 1.29 is 9.18 Å². The summed E-state index contributed by atoms with van der Waals surface area (Å²) in [6, 6.07) is 6.31. The lowest BCUT2D eigenvalue weighted by Crippen LogP contribution is -2.49. The van der Waals surface area contributed by atoms with E-state index in [1.54, 1.807) is 12.1 Å². The van der Waals surface area contributed by atoms with Gasteiger partial charge in [-0.05, 0) is 30.2 Å². The van der Waals surface area contributed by atoms with Gasteiger partial charge in [0.1, 0.15) is 5.82 Å². The number of rotatable bonds is 6. The van der Waals surface area contributed by atoms with Crippen molar-refractivity contribution in [2.45, 2.75) is 26.8 Å². The van der Waals surface area contributed by atoms with E-state index in [0.29, 0.717) is 6.54 Å². The Labute approximate surface area is 138 Å². The second kappa shape index (κ2) is 8.41. The molecular weight excluding hydrogens is 293 g/mol. The average Bonchev–Trinajstić information content (AvgIpc) is 2.54. The van der Waals surface area contributed by atoms with Gasteiger partial charge in [0.05, 0.1) is 12.6 Å². The van der Waals surface area contributed by atoms with Crippen LogP contribution in [0.3, 0.4) is 0 Å². The van der Waals surface area contributed by atoms with Crippen LogP contribution in [0, 0.1) is 11.7 Å². The maximum absolute atomic E-state index is 13.1. The molecule has 1 fully saturated rings. The quantitative estimate of drug-likeness (QED) is 0.873. The van der Waals surface area contributed by atoms with Crippen molar-refractivity contribution >= 4 is 5.91 Å². The van der Waals surface area contributed by atoms with Gasteiger partial charge >= 0.3 is 0 Å². The predicted molar refractivity (Wildman–Crippen MR) is 90.7 cm³/mol. The van der Waals surface area contributed by atoms with Crippen LogP contribution in [-0.2, 0) is 4.79 Å². The zero-order valence-electron chi connectivity index (χ0n) is 14.4. The number of likely N-dealkylation sites (N-methyl/N-ethyl adjacent to an activating group) is 1. The summed E-state index contributed by atoms with van der Waals surface area (Å²) >= 11 is 0. The normalized spacial score (nSPS) is 18.1. The molecule has 1 saturated heterocycles. The summed E-state index contributed by atoms with van der Waals surface area (Å²) in [7, 11) is 0. The van der Waals surface area contributed by atoms with Gasteiger partial charge in [-0.2, -0.15) is 0 Å². The Bertz CT molecular complexity index is 495. The molecule has 1 atom stereocenters. The first-order valence-electron chi connectivity index (χ1n) is 8.49. The van der Waals surface area contributed by atoms with E-state index < -0.39 is 0 Å². The molecule has 4 nitrogen and oxygen atoms in total. The van der Waals surface area contributed by atoms with E-state index in [9.17, 15) is 9.18 Å². The van der Waals surface area contributed by atoms with Crippen LogP contribution >= 0.6 is 0 Å². The zero-order chi connectivity index (χ0) is 16.8. The molecule has 1 heterocycles. The molecular formula is C18H28FN3O. The van der Waals surface area contributed by atoms with Crippen molar-refractivity contribution in [1.82, 2.24) is 15.1 Å². The Morgan fingerprint density at radius 2 is 1.70 bits per heavy atom. The van der Waals surface area contributed by atoms with Gasteiger partial charge < -0.3 is 10.2 Å². The minimum Gasteiger partial charge on any atom is -0.348 e. The summed E-state index contributed by atoms with van der Waals surface area (Å²) in [5, 5.41) is 3.11. The highest BCUT2D eigenvalue weighted by Crippen LogP contribution is 2.21. The molecule has 1 aliphatic rings. The zero-order valence-corrected chi connectivity index (χ0v) is 14.4. The van der Waals surface area contributed by atoms with Crippen LogP contribution in [0.5, 0.6) is 0 Å². The second-order valence-electron chi connectivity index (χ2n) is 6.55. The van der Waals surface area contributed by atoms with Crippen molar-refractivity contribution in [2.24, 2.45) is 5.92 Å². The lowest BCUT2D eigenvalue weighted by atomic mass is 9.96. The fourth-order valence-corrected chi connectivity index (χ4v) is 2.99. The summed E-state index contributed by atoms with van der Waals surface area (Å²) in [6.45, 7) is 11.7. The van der Waals surface area contributed by atoms with Gasteiger partial charge in [-0.25, -0.2) is 4.39 Å². The fraction of sp³-hybridized carbons (Fsp3) is 0.611. The number of hydrogen-bond donors (Lipinski definition) is 1. The van der Waals surface area contributed by atoms with Crippen LogP contribution in [-0.4, -0.2) is 55.0 Å². The Balaban J connectivity index is 1.90. The summed E-state index contributed by atoms with van der Waals surface area (Å²) in [5.41, 5.74) is 0.950. The molecule has 1 aliphatic heterocycles. The van der Waals surface area contributed by atoms with Crippen LogP contribution in [0.15, 0.2) is 24.3 Å². The monoisotopic (exact) mass is 321 g/mol. The maximum atomic E-state index is 13.1. The third kappa shape index (κ3) is 5.29. The first kappa shape index (κ1) is 17.9. The number of piperazine rings is 1. The highest BCUT2D eigenvalue weighted by atomic mass is 19.1. The van der Waals surface area contributed by atoms with Gasteiger partial charge in [-0.15, -0.1) is 0 Å². The smallest absolute Gasteiger partial charge is 0.234 e. The Morgan fingerprint density at radius 1 is 1.13 bits per heavy atom. The van der Waals surface area contributed by atoms with Gasteiger partial charge in [0.15, 0.2) is 0 Å². The SMILES string of the molecule is CCN1CCN(CC(=O)NC(c2ccc(F)cc2)C(C)C)CC1. The van der Waals surface area contributed by atoms with E-state index in [0.717, 1.165) is 38.3 Å². The number of carbonyl (C=O) groups excluding carboxylic acids is 1. The summed E-state index contributed by atoms with van der Waals surface area (Å²) in [5.74, 6) is 0.0377. The number of hydrogen-bond acceptors (Lipinski definition) is 3. The van der Waals surface area contributed by atoms with Crippen LogP contribution in [0.25, 0.3) is 0 Å². The first-order chi connectivity index (χ1) is 11.0. The lowest BCUT2D eigenvalue weighted by Gasteiger charge is -2.34. The molecule has 0 bridgehead atoms. The van der Waals surface area contributed by atoms with Crippen molar-refractivity contribution in [3.8, 4) is 0 Å². The van der Waals surface area contributed by atoms with E-state index in [-0.39, 0.29) is 23.7 Å². The van der Waals surface area contributed by atoms with Crippen LogP contribution in [0.2, 0.25) is 0 Å². The summed E-state index contributed by atoms with van der Waals surface area (Å²) in [4.78, 5) is 17.0. The lowest BCUT2D eigenvalue weighted by molar-refractivity contribution is -0.123. The number of nitrogens with one attached hydrogen (secondary N) is 1. The molecule has 0 aromatic heterocycles. The molecule has 0 saturated carbocycles. The number of benzene rings is 1. The molecule has 1 N–H and O–H groups in total. The minimum atomic E-state index is -0.253. The molecule has 0 radical (unpaired) electrons. The van der Waals surface area contributed by atoms with Crippen molar-refractivity contribution in [1.29, 1.82) is 0 Å². The highest BCUT2D eigenvalue weighted by molar-refractivity contribution is 5.78.